The molecule has 1 saturated carbocycles. The van der Waals surface area contributed by atoms with Crippen LogP contribution in [0.1, 0.15) is 56.5 Å². The Morgan fingerprint density at radius 1 is 1.32 bits per heavy atom. The van der Waals surface area contributed by atoms with E-state index >= 15 is 0 Å². The van der Waals surface area contributed by atoms with E-state index in [2.05, 4.69) is 20.2 Å². The van der Waals surface area contributed by atoms with Crippen LogP contribution in [-0.4, -0.2) is 58.5 Å². The van der Waals surface area contributed by atoms with Crippen LogP contribution in [-0.2, 0) is 6.54 Å². The van der Waals surface area contributed by atoms with Crippen LogP contribution in [0.5, 0.6) is 0 Å². The summed E-state index contributed by atoms with van der Waals surface area (Å²) in [5.74, 6) is 1.41. The van der Waals surface area contributed by atoms with Crippen molar-refractivity contribution in [1.82, 2.24) is 25.1 Å². The minimum absolute atomic E-state index is 0.0103. The smallest absolute Gasteiger partial charge is 0.317 e. The number of hydrogen-bond acceptors (Lipinski definition) is 3. The zero-order chi connectivity index (χ0) is 17.6. The van der Waals surface area contributed by atoms with Gasteiger partial charge < -0.3 is 20.1 Å². The van der Waals surface area contributed by atoms with E-state index in [1.165, 1.54) is 51.5 Å². The number of aryl methyl sites for hydroxylation is 1. The maximum absolute atomic E-state index is 12.3. The van der Waals surface area contributed by atoms with E-state index in [0.717, 1.165) is 30.6 Å². The van der Waals surface area contributed by atoms with Crippen LogP contribution >= 0.6 is 0 Å². The van der Waals surface area contributed by atoms with Crippen molar-refractivity contribution in [3.05, 3.63) is 17.7 Å². The third-order valence-electron chi connectivity index (χ3n) is 5.67. The molecule has 2 amide bonds. The first kappa shape index (κ1) is 18.2. The van der Waals surface area contributed by atoms with Gasteiger partial charge in [-0.25, -0.2) is 9.78 Å². The molecule has 1 aliphatic carbocycles. The molecule has 0 spiro atoms. The molecule has 25 heavy (non-hydrogen) atoms. The molecule has 2 N–H and O–H groups in total. The predicted molar refractivity (Wildman–Crippen MR) is 99.4 cm³/mol. The fourth-order valence-corrected chi connectivity index (χ4v) is 4.25. The summed E-state index contributed by atoms with van der Waals surface area (Å²) in [6.45, 7) is 5.65. The highest BCUT2D eigenvalue weighted by atomic mass is 16.2. The average Bonchev–Trinajstić information content (AvgIpc) is 3.05. The summed E-state index contributed by atoms with van der Waals surface area (Å²) in [6, 6.07) is 0.779. The van der Waals surface area contributed by atoms with Crippen LogP contribution < -0.4 is 5.32 Å². The van der Waals surface area contributed by atoms with Crippen molar-refractivity contribution in [2.45, 2.75) is 64.5 Å². The second-order valence-corrected chi connectivity index (χ2v) is 7.85. The fourth-order valence-electron chi connectivity index (χ4n) is 4.25. The Hall–Kier alpha value is -1.56. The summed E-state index contributed by atoms with van der Waals surface area (Å²) < 4.78 is 0. The largest absolute Gasteiger partial charge is 0.345 e. The van der Waals surface area contributed by atoms with Crippen molar-refractivity contribution in [1.29, 1.82) is 0 Å². The van der Waals surface area contributed by atoms with Gasteiger partial charge in [-0.15, -0.1) is 0 Å². The standard InChI is InChI=1S/C19H33N5O/c1-15-11-20-18(22-15)14-23(2)19(25)21-12-16-7-6-10-24(13-16)17-8-4-3-5-9-17/h11,16-17H,3-10,12-14H2,1-2H3,(H,20,22)(H,21,25)/t16-/m0/s1. The summed E-state index contributed by atoms with van der Waals surface area (Å²) >= 11 is 0. The highest BCUT2D eigenvalue weighted by molar-refractivity contribution is 5.73. The molecule has 2 heterocycles. The van der Waals surface area contributed by atoms with Crippen molar-refractivity contribution >= 4 is 6.03 Å². The molecule has 1 aliphatic heterocycles. The Bertz CT molecular complexity index is 552. The van der Waals surface area contributed by atoms with E-state index < -0.39 is 0 Å². The van der Waals surface area contributed by atoms with Crippen LogP contribution in [0.15, 0.2) is 6.20 Å². The van der Waals surface area contributed by atoms with Gasteiger partial charge in [0.15, 0.2) is 0 Å². The van der Waals surface area contributed by atoms with Crippen molar-refractivity contribution in [3.63, 3.8) is 0 Å². The van der Waals surface area contributed by atoms with Gasteiger partial charge in [0.2, 0.25) is 0 Å². The number of aromatic amines is 1. The molecule has 0 aromatic carbocycles. The third-order valence-corrected chi connectivity index (χ3v) is 5.67. The first-order chi connectivity index (χ1) is 12.1. The summed E-state index contributed by atoms with van der Waals surface area (Å²) in [6.07, 6.45) is 11.2. The maximum Gasteiger partial charge on any atom is 0.317 e. The topological polar surface area (TPSA) is 64.3 Å². The Labute approximate surface area is 151 Å². The molecule has 1 aromatic heterocycles. The summed E-state index contributed by atoms with van der Waals surface area (Å²) in [5.41, 5.74) is 1.02. The lowest BCUT2D eigenvalue weighted by molar-refractivity contribution is 0.0979. The number of nitrogens with zero attached hydrogens (tertiary/aromatic N) is 3. The van der Waals surface area contributed by atoms with E-state index in [1.807, 2.05) is 14.0 Å². The van der Waals surface area contributed by atoms with Crippen LogP contribution in [0.3, 0.4) is 0 Å². The number of amides is 2. The Morgan fingerprint density at radius 2 is 2.12 bits per heavy atom. The number of carbonyl (C=O) groups is 1. The van der Waals surface area contributed by atoms with E-state index in [1.54, 1.807) is 11.1 Å². The van der Waals surface area contributed by atoms with Gasteiger partial charge in [-0.2, -0.15) is 0 Å². The molecule has 140 valence electrons. The van der Waals surface area contributed by atoms with E-state index in [0.29, 0.717) is 12.5 Å². The van der Waals surface area contributed by atoms with Gasteiger partial charge in [-0.1, -0.05) is 19.3 Å². The molecular formula is C19H33N5O. The van der Waals surface area contributed by atoms with Crippen molar-refractivity contribution in [2.75, 3.05) is 26.7 Å². The molecule has 2 aliphatic rings. The normalized spacial score (nSPS) is 22.7. The molecule has 2 fully saturated rings. The van der Waals surface area contributed by atoms with Gasteiger partial charge in [0.25, 0.3) is 0 Å². The van der Waals surface area contributed by atoms with Crippen LogP contribution in [0.2, 0.25) is 0 Å². The maximum atomic E-state index is 12.3. The highest BCUT2D eigenvalue weighted by Gasteiger charge is 2.27. The van der Waals surface area contributed by atoms with Crippen LogP contribution in [0, 0.1) is 12.8 Å². The molecule has 3 rings (SSSR count). The van der Waals surface area contributed by atoms with Gasteiger partial charge in [0.05, 0.1) is 6.54 Å². The Kier molecular flexibility index (Phi) is 6.34. The molecule has 6 heteroatoms. The summed E-state index contributed by atoms with van der Waals surface area (Å²) in [7, 11) is 1.82. The van der Waals surface area contributed by atoms with Gasteiger partial charge in [0.1, 0.15) is 5.82 Å². The van der Waals surface area contributed by atoms with Crippen molar-refractivity contribution in [2.24, 2.45) is 5.92 Å². The molecular weight excluding hydrogens is 314 g/mol. The van der Waals surface area contributed by atoms with Crippen LogP contribution in [0.4, 0.5) is 4.79 Å². The minimum Gasteiger partial charge on any atom is -0.345 e. The fraction of sp³-hybridized carbons (Fsp3) is 0.789. The number of carbonyl (C=O) groups excluding carboxylic acids is 1. The zero-order valence-corrected chi connectivity index (χ0v) is 15.8. The Morgan fingerprint density at radius 3 is 2.84 bits per heavy atom. The molecule has 0 bridgehead atoms. The number of nitrogens with one attached hydrogen (secondary N) is 2. The molecule has 0 unspecified atom stereocenters. The zero-order valence-electron chi connectivity index (χ0n) is 15.8. The second-order valence-electron chi connectivity index (χ2n) is 7.85. The first-order valence-electron chi connectivity index (χ1n) is 9.85. The number of imidazole rings is 1. The monoisotopic (exact) mass is 347 g/mol. The lowest BCUT2D eigenvalue weighted by Gasteiger charge is -2.40. The molecule has 1 aromatic rings. The number of aromatic nitrogens is 2. The number of rotatable bonds is 5. The molecule has 1 atom stereocenters. The second kappa shape index (κ2) is 8.70. The third kappa shape index (κ3) is 5.21. The van der Waals surface area contributed by atoms with Crippen molar-refractivity contribution in [3.8, 4) is 0 Å². The highest BCUT2D eigenvalue weighted by Crippen LogP contribution is 2.26. The summed E-state index contributed by atoms with van der Waals surface area (Å²) in [5, 5.41) is 3.12. The van der Waals surface area contributed by atoms with E-state index in [4.69, 9.17) is 0 Å². The quantitative estimate of drug-likeness (QED) is 0.861. The average molecular weight is 348 g/mol. The number of likely N-dealkylation sites (tertiary alicyclic amines) is 1. The lowest BCUT2D eigenvalue weighted by atomic mass is 9.90. The van der Waals surface area contributed by atoms with E-state index in [9.17, 15) is 4.79 Å². The van der Waals surface area contributed by atoms with Gasteiger partial charge >= 0.3 is 6.03 Å². The minimum atomic E-state index is -0.0103. The SMILES string of the molecule is Cc1cnc(CN(C)C(=O)NC[C@@H]2CCCN(C3CCCCC3)C2)[nH]1. The summed E-state index contributed by atoms with van der Waals surface area (Å²) in [4.78, 5) is 24.2. The Balaban J connectivity index is 1.41. The molecule has 0 radical (unpaired) electrons. The van der Waals surface area contributed by atoms with Crippen LogP contribution in [0.25, 0.3) is 0 Å². The van der Waals surface area contributed by atoms with Gasteiger partial charge in [-0.3, -0.25) is 0 Å². The van der Waals surface area contributed by atoms with Gasteiger partial charge in [-0.05, 0) is 45.1 Å². The number of H-pyrrole nitrogens is 1. The van der Waals surface area contributed by atoms with E-state index in [-0.39, 0.29) is 6.03 Å². The number of piperidine rings is 1. The van der Waals surface area contributed by atoms with Crippen molar-refractivity contribution < 1.29 is 4.79 Å². The van der Waals surface area contributed by atoms with Gasteiger partial charge in [0, 0.05) is 38.1 Å². The molecule has 1 saturated heterocycles. The number of urea groups is 1. The molecule has 6 nitrogen and oxygen atoms in total. The first-order valence-corrected chi connectivity index (χ1v) is 9.85. The lowest BCUT2D eigenvalue weighted by Crippen LogP contribution is -2.47. The number of hydrogen-bond donors (Lipinski definition) is 2. The predicted octanol–water partition coefficient (Wildman–Crippen LogP) is 2.90.